The zero-order chi connectivity index (χ0) is 10.6. The van der Waals surface area contributed by atoms with Crippen molar-refractivity contribution in [1.29, 1.82) is 0 Å². The minimum Gasteiger partial charge on any atom is -0.465 e. The fourth-order valence-corrected chi connectivity index (χ4v) is 1.43. The van der Waals surface area contributed by atoms with Gasteiger partial charge in [0.1, 0.15) is 0 Å². The molecular weight excluding hydrogens is 188 g/mol. The van der Waals surface area contributed by atoms with Gasteiger partial charge in [0.2, 0.25) is 0 Å². The number of carbonyl (C=O) groups is 2. The molecule has 0 unspecified atom stereocenters. The molecule has 1 heterocycles. The Balaban J connectivity index is 2.65. The summed E-state index contributed by atoms with van der Waals surface area (Å²) in [7, 11) is 0. The predicted molar refractivity (Wildman–Crippen MR) is 48.0 cm³/mol. The van der Waals surface area contributed by atoms with Gasteiger partial charge in [-0.1, -0.05) is 0 Å². The summed E-state index contributed by atoms with van der Waals surface area (Å²) in [5.74, 6) is 0. The molecule has 0 spiro atoms. The molecule has 1 amide bonds. The second-order valence-corrected chi connectivity index (χ2v) is 3.29. The van der Waals surface area contributed by atoms with Crippen LogP contribution >= 0.6 is 0 Å². The Morgan fingerprint density at radius 1 is 1.57 bits per heavy atom. The van der Waals surface area contributed by atoms with E-state index in [1.165, 1.54) is 0 Å². The number of amides is 1. The highest BCUT2D eigenvalue weighted by Gasteiger charge is 2.34. The summed E-state index contributed by atoms with van der Waals surface area (Å²) >= 11 is 0. The number of ether oxygens (including phenoxy) is 1. The van der Waals surface area contributed by atoms with Gasteiger partial charge in [0, 0.05) is 13.1 Å². The molecule has 1 aliphatic rings. The third-order valence-corrected chi connectivity index (χ3v) is 2.26. The molecule has 1 aliphatic heterocycles. The summed E-state index contributed by atoms with van der Waals surface area (Å²) < 4.78 is 5.11. The molecule has 0 bridgehead atoms. The number of carboxylic acid groups (broad SMARTS) is 1. The zero-order valence-electron chi connectivity index (χ0n) is 8.02. The Kier molecular flexibility index (Phi) is 3.43. The van der Waals surface area contributed by atoms with Gasteiger partial charge >= 0.3 is 6.09 Å². The fourth-order valence-electron chi connectivity index (χ4n) is 1.43. The molecule has 0 radical (unpaired) electrons. The Labute approximate surface area is 81.8 Å². The largest absolute Gasteiger partial charge is 0.465 e. The van der Waals surface area contributed by atoms with E-state index in [-0.39, 0.29) is 0 Å². The molecule has 6 nitrogen and oxygen atoms in total. The van der Waals surface area contributed by atoms with Gasteiger partial charge in [0.25, 0.3) is 0 Å². The van der Waals surface area contributed by atoms with Crippen LogP contribution in [-0.2, 0) is 9.53 Å². The standard InChI is InChI=1S/C8H14N2O4/c1-8(6-11,9-7(12)13)10-2-4-14-5-3-10/h6,9H,2-5H2,1H3,(H,12,13)/t8-/m0/s1. The summed E-state index contributed by atoms with van der Waals surface area (Å²) in [5.41, 5.74) is -1.14. The number of aldehydes is 1. The molecule has 2 N–H and O–H groups in total. The van der Waals surface area contributed by atoms with Crippen molar-refractivity contribution in [3.8, 4) is 0 Å². The topological polar surface area (TPSA) is 78.9 Å². The SMILES string of the molecule is C[C@](C=O)(NC(=O)O)N1CCOCC1. The van der Waals surface area contributed by atoms with Crippen LogP contribution in [0.15, 0.2) is 0 Å². The second-order valence-electron chi connectivity index (χ2n) is 3.29. The van der Waals surface area contributed by atoms with Gasteiger partial charge in [-0.15, -0.1) is 0 Å². The van der Waals surface area contributed by atoms with E-state index in [0.717, 1.165) is 0 Å². The molecule has 0 aromatic carbocycles. The van der Waals surface area contributed by atoms with E-state index in [9.17, 15) is 9.59 Å². The number of nitrogens with zero attached hydrogens (tertiary/aromatic N) is 1. The van der Waals surface area contributed by atoms with Crippen molar-refractivity contribution in [2.45, 2.75) is 12.6 Å². The minimum absolute atomic E-state index is 0.519. The molecule has 1 rings (SSSR count). The van der Waals surface area contributed by atoms with Crippen LogP contribution in [0.4, 0.5) is 4.79 Å². The van der Waals surface area contributed by atoms with Gasteiger partial charge in [0.05, 0.1) is 13.2 Å². The summed E-state index contributed by atoms with van der Waals surface area (Å²) in [6.07, 6.45) is -0.599. The van der Waals surface area contributed by atoms with Gasteiger partial charge in [-0.05, 0) is 6.92 Å². The van der Waals surface area contributed by atoms with Crippen LogP contribution in [0.2, 0.25) is 0 Å². The average molecular weight is 202 g/mol. The van der Waals surface area contributed by atoms with Crippen LogP contribution in [0.1, 0.15) is 6.92 Å². The van der Waals surface area contributed by atoms with Gasteiger partial charge in [0.15, 0.2) is 11.9 Å². The van der Waals surface area contributed by atoms with E-state index in [1.807, 2.05) is 0 Å². The molecule has 80 valence electrons. The maximum atomic E-state index is 10.9. The summed E-state index contributed by atoms with van der Waals surface area (Å²) in [6.45, 7) is 3.68. The molecule has 1 atom stereocenters. The lowest BCUT2D eigenvalue weighted by Crippen LogP contribution is -2.62. The maximum absolute atomic E-state index is 10.9. The van der Waals surface area contributed by atoms with Crippen molar-refractivity contribution in [3.05, 3.63) is 0 Å². The Morgan fingerprint density at radius 2 is 2.14 bits per heavy atom. The van der Waals surface area contributed by atoms with E-state index < -0.39 is 11.8 Å². The smallest absolute Gasteiger partial charge is 0.406 e. The molecule has 14 heavy (non-hydrogen) atoms. The van der Waals surface area contributed by atoms with Crippen LogP contribution in [0.3, 0.4) is 0 Å². The minimum atomic E-state index is -1.20. The molecule has 0 aliphatic carbocycles. The third kappa shape index (κ3) is 2.43. The molecule has 1 fully saturated rings. The van der Waals surface area contributed by atoms with Crippen LogP contribution in [0.25, 0.3) is 0 Å². The fraction of sp³-hybridized carbons (Fsp3) is 0.750. The first-order valence-electron chi connectivity index (χ1n) is 4.39. The van der Waals surface area contributed by atoms with Gasteiger partial charge in [-0.2, -0.15) is 0 Å². The monoisotopic (exact) mass is 202 g/mol. The van der Waals surface area contributed by atoms with Gasteiger partial charge < -0.3 is 9.84 Å². The number of hydrogen-bond acceptors (Lipinski definition) is 4. The third-order valence-electron chi connectivity index (χ3n) is 2.26. The van der Waals surface area contributed by atoms with E-state index in [2.05, 4.69) is 5.32 Å². The number of morpholine rings is 1. The van der Waals surface area contributed by atoms with Gasteiger partial charge in [-0.25, -0.2) is 4.79 Å². The predicted octanol–water partition coefficient (Wildman–Crippen LogP) is -0.499. The molecule has 1 saturated heterocycles. The summed E-state index contributed by atoms with van der Waals surface area (Å²) in [4.78, 5) is 23.1. The van der Waals surface area contributed by atoms with Crippen LogP contribution < -0.4 is 5.32 Å². The van der Waals surface area contributed by atoms with Crippen molar-refractivity contribution < 1.29 is 19.4 Å². The van der Waals surface area contributed by atoms with Crippen molar-refractivity contribution in [3.63, 3.8) is 0 Å². The van der Waals surface area contributed by atoms with Crippen molar-refractivity contribution in [1.82, 2.24) is 10.2 Å². The van der Waals surface area contributed by atoms with Crippen molar-refractivity contribution in [2.75, 3.05) is 26.3 Å². The van der Waals surface area contributed by atoms with Crippen molar-refractivity contribution in [2.24, 2.45) is 0 Å². The second kappa shape index (κ2) is 4.39. The lowest BCUT2D eigenvalue weighted by Gasteiger charge is -2.38. The number of rotatable bonds is 3. The molecule has 0 saturated carbocycles. The van der Waals surface area contributed by atoms with Crippen molar-refractivity contribution >= 4 is 12.4 Å². The number of nitrogens with one attached hydrogen (secondary N) is 1. The maximum Gasteiger partial charge on any atom is 0.406 e. The number of hydrogen-bond donors (Lipinski definition) is 2. The van der Waals surface area contributed by atoms with E-state index in [4.69, 9.17) is 9.84 Å². The highest BCUT2D eigenvalue weighted by Crippen LogP contribution is 2.11. The molecule has 0 aromatic heterocycles. The van der Waals surface area contributed by atoms with Crippen LogP contribution in [0.5, 0.6) is 0 Å². The molecular formula is C8H14N2O4. The van der Waals surface area contributed by atoms with Crippen LogP contribution in [0, 0.1) is 0 Å². The quantitative estimate of drug-likeness (QED) is 0.603. The Morgan fingerprint density at radius 3 is 2.57 bits per heavy atom. The lowest BCUT2D eigenvalue weighted by molar-refractivity contribution is -0.122. The average Bonchev–Trinajstić information content (AvgIpc) is 2.18. The van der Waals surface area contributed by atoms with E-state index in [1.54, 1.807) is 11.8 Å². The first-order chi connectivity index (χ1) is 6.58. The summed E-state index contributed by atoms with van der Waals surface area (Å²) in [6, 6.07) is 0. The van der Waals surface area contributed by atoms with Gasteiger partial charge in [-0.3, -0.25) is 15.0 Å². The first kappa shape index (κ1) is 10.9. The normalized spacial score (nSPS) is 22.4. The van der Waals surface area contributed by atoms with E-state index in [0.29, 0.717) is 32.6 Å². The molecule has 6 heteroatoms. The van der Waals surface area contributed by atoms with E-state index >= 15 is 0 Å². The highest BCUT2D eigenvalue weighted by atomic mass is 16.5. The Hall–Kier alpha value is -1.14. The Bertz CT molecular complexity index is 227. The lowest BCUT2D eigenvalue weighted by atomic mass is 10.1. The van der Waals surface area contributed by atoms with Crippen LogP contribution in [-0.4, -0.2) is 54.4 Å². The molecule has 0 aromatic rings. The zero-order valence-corrected chi connectivity index (χ0v) is 8.02. The summed E-state index contributed by atoms with van der Waals surface area (Å²) in [5, 5.41) is 10.8. The number of carbonyl (C=O) groups excluding carboxylic acids is 1. The highest BCUT2D eigenvalue weighted by molar-refractivity contribution is 5.74. The first-order valence-corrected chi connectivity index (χ1v) is 4.39.